The van der Waals surface area contributed by atoms with E-state index in [1.165, 1.54) is 32.2 Å². The van der Waals surface area contributed by atoms with E-state index in [-0.39, 0.29) is 12.0 Å². The Morgan fingerprint density at radius 1 is 1.26 bits per heavy atom. The largest absolute Gasteiger partial charge is 0.393 e. The van der Waals surface area contributed by atoms with Gasteiger partial charge in [0.25, 0.3) is 0 Å². The summed E-state index contributed by atoms with van der Waals surface area (Å²) in [6, 6.07) is 0. The number of allylic oxidation sites excluding steroid dienone is 2. The predicted octanol–water partition coefficient (Wildman–Crippen LogP) is 3.60. The van der Waals surface area contributed by atoms with Gasteiger partial charge in [0, 0.05) is 5.92 Å². The third-order valence-electron chi connectivity index (χ3n) is 5.96. The molecule has 1 fully saturated rings. The molecule has 0 unspecified atom stereocenters. The second kappa shape index (κ2) is 8.13. The van der Waals surface area contributed by atoms with Gasteiger partial charge in [-0.25, -0.2) is 0 Å². The summed E-state index contributed by atoms with van der Waals surface area (Å²) in [5, 5.41) is 21.3. The second-order valence-corrected chi connectivity index (χ2v) is 8.41. The van der Waals surface area contributed by atoms with Crippen molar-refractivity contribution in [2.24, 2.45) is 17.8 Å². The highest BCUT2D eigenvalue weighted by Crippen LogP contribution is 2.52. The minimum Gasteiger partial charge on any atom is -0.393 e. The van der Waals surface area contributed by atoms with Gasteiger partial charge in [0.05, 0.1) is 11.7 Å². The van der Waals surface area contributed by atoms with Crippen LogP contribution < -0.4 is 0 Å². The van der Waals surface area contributed by atoms with Gasteiger partial charge in [-0.05, 0) is 77.9 Å². The highest BCUT2D eigenvalue weighted by molar-refractivity contribution is 5.20. The van der Waals surface area contributed by atoms with Crippen LogP contribution in [0.1, 0.15) is 65.2 Å². The number of aliphatic hydroxyl groups is 2. The van der Waals surface area contributed by atoms with Gasteiger partial charge in [0.1, 0.15) is 0 Å². The Hall–Kier alpha value is -0.380. The molecule has 3 nitrogen and oxygen atoms in total. The van der Waals surface area contributed by atoms with Gasteiger partial charge < -0.3 is 15.1 Å². The van der Waals surface area contributed by atoms with Gasteiger partial charge >= 0.3 is 0 Å². The first kappa shape index (κ1) is 19.0. The zero-order valence-corrected chi connectivity index (χ0v) is 15.6. The maximum absolute atomic E-state index is 10.8. The second-order valence-electron chi connectivity index (χ2n) is 8.41. The summed E-state index contributed by atoms with van der Waals surface area (Å²) >= 11 is 0. The van der Waals surface area contributed by atoms with Crippen molar-refractivity contribution in [1.82, 2.24) is 4.90 Å². The van der Waals surface area contributed by atoms with Gasteiger partial charge in [0.15, 0.2) is 0 Å². The van der Waals surface area contributed by atoms with Crippen molar-refractivity contribution in [2.75, 3.05) is 20.6 Å². The van der Waals surface area contributed by atoms with Crippen molar-refractivity contribution < 1.29 is 10.2 Å². The molecule has 134 valence electrons. The summed E-state index contributed by atoms with van der Waals surface area (Å²) in [4.78, 5) is 2.25. The molecule has 2 N–H and O–H groups in total. The van der Waals surface area contributed by atoms with E-state index in [4.69, 9.17) is 0 Å². The lowest BCUT2D eigenvalue weighted by Crippen LogP contribution is -2.42. The molecule has 23 heavy (non-hydrogen) atoms. The minimum absolute atomic E-state index is 0.0509. The number of hydrogen-bond donors (Lipinski definition) is 2. The third kappa shape index (κ3) is 4.80. The van der Waals surface area contributed by atoms with E-state index < -0.39 is 5.60 Å². The van der Waals surface area contributed by atoms with Gasteiger partial charge in [0.2, 0.25) is 0 Å². The van der Waals surface area contributed by atoms with Gasteiger partial charge in [-0.1, -0.05) is 31.4 Å². The summed E-state index contributed by atoms with van der Waals surface area (Å²) in [5.41, 5.74) is 0.858. The molecule has 2 aliphatic carbocycles. The summed E-state index contributed by atoms with van der Waals surface area (Å²) in [7, 11) is 4.27. The first-order valence-electron chi connectivity index (χ1n) is 9.60. The molecule has 0 radical (unpaired) electrons. The summed E-state index contributed by atoms with van der Waals surface area (Å²) in [6.07, 6.45) is 10.9. The smallest absolute Gasteiger partial charge is 0.0675 e. The molecule has 2 rings (SSSR count). The average molecular weight is 324 g/mol. The molecule has 5 atom stereocenters. The van der Waals surface area contributed by atoms with E-state index in [0.717, 1.165) is 25.7 Å². The van der Waals surface area contributed by atoms with Crippen LogP contribution in [0.25, 0.3) is 0 Å². The van der Waals surface area contributed by atoms with Gasteiger partial charge in [-0.2, -0.15) is 0 Å². The van der Waals surface area contributed by atoms with Crippen molar-refractivity contribution in [1.29, 1.82) is 0 Å². The number of unbranched alkanes of at least 4 members (excludes halogenated alkanes) is 2. The van der Waals surface area contributed by atoms with Gasteiger partial charge in [-0.3, -0.25) is 0 Å². The Morgan fingerprint density at radius 3 is 2.65 bits per heavy atom. The van der Waals surface area contributed by atoms with Crippen LogP contribution in [0.2, 0.25) is 0 Å². The maximum atomic E-state index is 10.8. The van der Waals surface area contributed by atoms with Crippen molar-refractivity contribution in [3.8, 4) is 0 Å². The topological polar surface area (TPSA) is 43.7 Å². The molecule has 0 aromatic carbocycles. The normalized spacial score (nSPS) is 32.9. The van der Waals surface area contributed by atoms with Crippen molar-refractivity contribution in [3.05, 3.63) is 11.6 Å². The van der Waals surface area contributed by atoms with Crippen LogP contribution in [0.4, 0.5) is 0 Å². The van der Waals surface area contributed by atoms with Crippen molar-refractivity contribution in [3.63, 3.8) is 0 Å². The molecular formula is C20H37NO2. The fraction of sp³-hybridized carbons (Fsp3) is 0.900. The van der Waals surface area contributed by atoms with Crippen LogP contribution in [0.3, 0.4) is 0 Å². The third-order valence-corrected chi connectivity index (χ3v) is 5.96. The molecule has 1 saturated carbocycles. The SMILES string of the molecule is CCC[C@@](C)(O)[C@@H]1[C@H]2CC(CCCCCN(C)C)=C[C@H]2C[C@H]1O. The monoisotopic (exact) mass is 323 g/mol. The lowest BCUT2D eigenvalue weighted by Gasteiger charge is -2.36. The van der Waals surface area contributed by atoms with Gasteiger partial charge in [-0.15, -0.1) is 0 Å². The quantitative estimate of drug-likeness (QED) is 0.503. The summed E-state index contributed by atoms with van der Waals surface area (Å²) in [5.74, 6) is 1.01. The predicted molar refractivity (Wildman–Crippen MR) is 96.3 cm³/mol. The molecule has 0 aromatic heterocycles. The van der Waals surface area contributed by atoms with Crippen LogP contribution in [-0.2, 0) is 0 Å². The molecule has 2 aliphatic rings. The molecule has 0 spiro atoms. The number of nitrogens with zero attached hydrogens (tertiary/aromatic N) is 1. The zero-order chi connectivity index (χ0) is 17.0. The molecule has 0 heterocycles. The molecule has 3 heteroatoms. The fourth-order valence-corrected chi connectivity index (χ4v) is 4.99. The van der Waals surface area contributed by atoms with Crippen molar-refractivity contribution >= 4 is 0 Å². The first-order chi connectivity index (χ1) is 10.8. The Balaban J connectivity index is 1.83. The number of fused-ring (bicyclic) bond motifs is 1. The van der Waals surface area contributed by atoms with Crippen LogP contribution in [0.5, 0.6) is 0 Å². The molecular weight excluding hydrogens is 286 g/mol. The Kier molecular flexibility index (Phi) is 6.70. The molecule has 0 amide bonds. The van der Waals surface area contributed by atoms with Crippen LogP contribution in [-0.4, -0.2) is 47.5 Å². The lowest BCUT2D eigenvalue weighted by atomic mass is 9.75. The average Bonchev–Trinajstić information content (AvgIpc) is 2.93. The van der Waals surface area contributed by atoms with E-state index in [1.54, 1.807) is 5.57 Å². The Bertz CT molecular complexity index is 402. The van der Waals surface area contributed by atoms with E-state index in [0.29, 0.717) is 11.8 Å². The van der Waals surface area contributed by atoms with E-state index in [1.807, 2.05) is 6.92 Å². The minimum atomic E-state index is -0.720. The standard InChI is InChI=1S/C20H37NO2/c1-5-10-20(2,23)19-17-13-15(12-16(17)14-18(19)22)9-7-6-8-11-21(3)4/h12,16-19,22-23H,5-11,13-14H2,1-4H3/t16-,17-,18+,19+,20+/m0/s1. The molecule has 0 aliphatic heterocycles. The van der Waals surface area contributed by atoms with Crippen LogP contribution in [0.15, 0.2) is 11.6 Å². The number of hydrogen-bond acceptors (Lipinski definition) is 3. The van der Waals surface area contributed by atoms with E-state index >= 15 is 0 Å². The maximum Gasteiger partial charge on any atom is 0.0675 e. The zero-order valence-electron chi connectivity index (χ0n) is 15.6. The van der Waals surface area contributed by atoms with Crippen molar-refractivity contribution in [2.45, 2.75) is 76.9 Å². The Labute approximate surface area is 142 Å². The summed E-state index contributed by atoms with van der Waals surface area (Å²) in [6.45, 7) is 5.23. The summed E-state index contributed by atoms with van der Waals surface area (Å²) < 4.78 is 0. The lowest BCUT2D eigenvalue weighted by molar-refractivity contribution is -0.0681. The number of rotatable bonds is 9. The molecule has 0 bridgehead atoms. The Morgan fingerprint density at radius 2 is 2.00 bits per heavy atom. The number of aliphatic hydroxyl groups excluding tert-OH is 1. The molecule has 0 aromatic rings. The van der Waals surface area contributed by atoms with E-state index in [2.05, 4.69) is 32.0 Å². The first-order valence-corrected chi connectivity index (χ1v) is 9.60. The van der Waals surface area contributed by atoms with Crippen LogP contribution in [0, 0.1) is 17.8 Å². The highest BCUT2D eigenvalue weighted by atomic mass is 16.3. The molecule has 0 saturated heterocycles. The van der Waals surface area contributed by atoms with Crippen LogP contribution >= 0.6 is 0 Å². The van der Waals surface area contributed by atoms with E-state index in [9.17, 15) is 10.2 Å². The highest BCUT2D eigenvalue weighted by Gasteiger charge is 2.51. The fourth-order valence-electron chi connectivity index (χ4n) is 4.99.